The average molecular weight is 635 g/mol. The van der Waals surface area contributed by atoms with Crippen LogP contribution in [0.1, 0.15) is 0 Å². The number of nitrogens with zero attached hydrogens (tertiary/aromatic N) is 2. The average Bonchev–Trinajstić information content (AvgIpc) is 3.72. The second-order valence-corrected chi connectivity index (χ2v) is 12.8. The molecule has 232 valence electrons. The molecule has 0 atom stereocenters. The minimum absolute atomic E-state index is 1.15. The van der Waals surface area contributed by atoms with Crippen LogP contribution in [0.25, 0.3) is 88.4 Å². The number of benzene rings is 7. The monoisotopic (exact) mass is 634 g/mol. The van der Waals surface area contributed by atoms with Crippen molar-refractivity contribution in [1.29, 1.82) is 0 Å². The van der Waals surface area contributed by atoms with Crippen LogP contribution in [0, 0.1) is 12.1 Å². The van der Waals surface area contributed by atoms with Gasteiger partial charge in [-0.1, -0.05) is 127 Å². The van der Waals surface area contributed by atoms with Crippen LogP contribution in [-0.2, 0) is 0 Å². The van der Waals surface area contributed by atoms with E-state index in [9.17, 15) is 0 Å². The van der Waals surface area contributed by atoms with Gasteiger partial charge in [0.2, 0.25) is 0 Å². The van der Waals surface area contributed by atoms with Crippen molar-refractivity contribution in [2.75, 3.05) is 0 Å². The molecule has 0 amide bonds. The largest absolute Gasteiger partial charge is 0.309 e. The number of rotatable bonds is 5. The molecular formula is C48H30N2. The van der Waals surface area contributed by atoms with E-state index in [1.54, 1.807) is 0 Å². The summed E-state index contributed by atoms with van der Waals surface area (Å²) in [5.41, 5.74) is 14.3. The number of hydrogen-bond acceptors (Lipinski definition) is 0. The summed E-state index contributed by atoms with van der Waals surface area (Å²) in [6.07, 6.45) is 0. The zero-order valence-corrected chi connectivity index (χ0v) is 27.2. The van der Waals surface area contributed by atoms with Gasteiger partial charge >= 0.3 is 0 Å². The zero-order chi connectivity index (χ0) is 33.0. The van der Waals surface area contributed by atoms with E-state index >= 15 is 0 Å². The van der Waals surface area contributed by atoms with Gasteiger partial charge in [-0.3, -0.25) is 0 Å². The Kier molecular flexibility index (Phi) is 6.44. The maximum absolute atomic E-state index is 3.06. The number of hydrogen-bond donors (Lipinski definition) is 0. The smallest absolute Gasteiger partial charge is 0.0548 e. The van der Waals surface area contributed by atoms with E-state index < -0.39 is 0 Å². The first-order valence-corrected chi connectivity index (χ1v) is 17.0. The summed E-state index contributed by atoms with van der Waals surface area (Å²) in [6.45, 7) is 0. The van der Waals surface area contributed by atoms with E-state index in [2.05, 4.69) is 191 Å². The first kappa shape index (κ1) is 28.2. The van der Waals surface area contributed by atoms with Crippen molar-refractivity contribution in [3.63, 3.8) is 0 Å². The third-order valence-corrected chi connectivity index (χ3v) is 10.0. The van der Waals surface area contributed by atoms with Crippen molar-refractivity contribution >= 4 is 43.6 Å². The minimum Gasteiger partial charge on any atom is -0.309 e. The van der Waals surface area contributed by atoms with Crippen LogP contribution in [0.5, 0.6) is 0 Å². The highest BCUT2D eigenvalue weighted by molar-refractivity contribution is 6.28. The van der Waals surface area contributed by atoms with Gasteiger partial charge in [-0.2, -0.15) is 0 Å². The molecule has 0 unspecified atom stereocenters. The van der Waals surface area contributed by atoms with E-state index in [4.69, 9.17) is 0 Å². The molecule has 10 rings (SSSR count). The first-order chi connectivity index (χ1) is 24.8. The Bertz CT molecular complexity index is 2800. The fourth-order valence-corrected chi connectivity index (χ4v) is 7.69. The van der Waals surface area contributed by atoms with Gasteiger partial charge in [-0.25, -0.2) is 0 Å². The third kappa shape index (κ3) is 4.45. The Morgan fingerprint density at radius 3 is 1.20 bits per heavy atom. The van der Waals surface area contributed by atoms with E-state index in [1.165, 1.54) is 71.4 Å². The van der Waals surface area contributed by atoms with Crippen molar-refractivity contribution in [2.24, 2.45) is 0 Å². The van der Waals surface area contributed by atoms with Gasteiger partial charge in [-0.05, 0) is 100 Å². The summed E-state index contributed by atoms with van der Waals surface area (Å²) >= 11 is 0. The van der Waals surface area contributed by atoms with E-state index in [1.807, 2.05) is 12.1 Å². The van der Waals surface area contributed by atoms with Gasteiger partial charge in [0.25, 0.3) is 0 Å². The first-order valence-electron chi connectivity index (χ1n) is 17.0. The van der Waals surface area contributed by atoms with Gasteiger partial charge in [0.1, 0.15) is 0 Å². The lowest BCUT2D eigenvalue weighted by Gasteiger charge is -2.11. The molecule has 2 nitrogen and oxygen atoms in total. The summed E-state index contributed by atoms with van der Waals surface area (Å²) in [5.74, 6) is 0. The molecule has 0 spiro atoms. The summed E-state index contributed by atoms with van der Waals surface area (Å²) in [4.78, 5) is 0. The second kappa shape index (κ2) is 11.4. The number of para-hydroxylation sites is 2. The molecule has 2 heteroatoms. The van der Waals surface area contributed by atoms with Gasteiger partial charge in [0, 0.05) is 32.9 Å². The van der Waals surface area contributed by atoms with Crippen LogP contribution in [0.4, 0.5) is 0 Å². The Labute approximate surface area is 290 Å². The Hall–Kier alpha value is -6.82. The van der Waals surface area contributed by atoms with Crippen molar-refractivity contribution in [3.8, 4) is 44.8 Å². The lowest BCUT2D eigenvalue weighted by atomic mass is 10.0. The number of aromatic nitrogens is 2. The zero-order valence-electron chi connectivity index (χ0n) is 27.2. The molecule has 0 radical (unpaired) electrons. The molecule has 0 saturated heterocycles. The predicted octanol–water partition coefficient (Wildman–Crippen LogP) is 12.5. The van der Waals surface area contributed by atoms with Crippen LogP contribution >= 0.6 is 0 Å². The topological polar surface area (TPSA) is 9.86 Å². The molecule has 0 fully saturated rings. The molecule has 50 heavy (non-hydrogen) atoms. The summed E-state index contributed by atoms with van der Waals surface area (Å²) in [7, 11) is 0. The molecule has 2 heterocycles. The van der Waals surface area contributed by atoms with Crippen LogP contribution in [0.3, 0.4) is 0 Å². The highest BCUT2D eigenvalue weighted by Crippen LogP contribution is 2.42. The van der Waals surface area contributed by atoms with Crippen molar-refractivity contribution in [1.82, 2.24) is 9.13 Å². The molecular weight excluding hydrogens is 605 g/mol. The van der Waals surface area contributed by atoms with Crippen molar-refractivity contribution in [2.45, 2.75) is 0 Å². The van der Waals surface area contributed by atoms with Gasteiger partial charge in [-0.15, -0.1) is 0 Å². The maximum atomic E-state index is 3.06. The fourth-order valence-electron chi connectivity index (χ4n) is 7.69. The maximum Gasteiger partial charge on any atom is 0.0548 e. The highest BCUT2D eigenvalue weighted by atomic mass is 15.0. The Morgan fingerprint density at radius 2 is 0.720 bits per heavy atom. The van der Waals surface area contributed by atoms with Gasteiger partial charge in [0.15, 0.2) is 0 Å². The van der Waals surface area contributed by atoms with E-state index in [0.717, 1.165) is 16.9 Å². The second-order valence-electron chi connectivity index (χ2n) is 12.8. The fraction of sp³-hybridized carbons (Fsp3) is 0. The summed E-state index contributed by atoms with van der Waals surface area (Å²) < 4.78 is 4.83. The quantitative estimate of drug-likeness (QED) is 0.178. The van der Waals surface area contributed by atoms with Crippen LogP contribution in [-0.4, -0.2) is 9.13 Å². The molecule has 0 N–H and O–H groups in total. The summed E-state index contributed by atoms with van der Waals surface area (Å²) in [6, 6.07) is 71.5. The molecule has 10 aromatic rings. The number of fused-ring (bicyclic) bond motifs is 7. The van der Waals surface area contributed by atoms with E-state index in [0.29, 0.717) is 0 Å². The SMILES string of the molecule is c1ccc(-c2ccc(-c3ccc(-n4c5ccccc5c5c6c7ccccc7n(-c7ccc(-c8ccccc8)cc7)c6ccc54)cc3)cc2)cc#1. The van der Waals surface area contributed by atoms with Crippen LogP contribution in [0.2, 0.25) is 0 Å². The van der Waals surface area contributed by atoms with Crippen molar-refractivity contribution in [3.05, 3.63) is 194 Å². The predicted molar refractivity (Wildman–Crippen MR) is 209 cm³/mol. The normalized spacial score (nSPS) is 11.4. The molecule has 0 aliphatic carbocycles. The van der Waals surface area contributed by atoms with Gasteiger partial charge in [0.05, 0.1) is 22.1 Å². The molecule has 0 aliphatic rings. The lowest BCUT2D eigenvalue weighted by molar-refractivity contribution is 1.17. The lowest BCUT2D eigenvalue weighted by Crippen LogP contribution is -1.95. The Morgan fingerprint density at radius 1 is 0.300 bits per heavy atom. The molecule has 2 aromatic heterocycles. The molecule has 8 aromatic carbocycles. The van der Waals surface area contributed by atoms with Crippen LogP contribution < -0.4 is 0 Å². The standard InChI is InChI=1S/C48H30N2/c1-3-11-33(12-4-1)35-19-21-36(22-20-35)38-25-29-40(30-26-38)50-44-18-10-8-16-42(44)48-46(50)32-31-45-47(48)41-15-7-9-17-43(41)49(45)39-27-23-37(24-28-39)34-13-5-2-6-14-34/h2-3,5-32H. The highest BCUT2D eigenvalue weighted by Gasteiger charge is 2.20. The van der Waals surface area contributed by atoms with Crippen LogP contribution in [0.15, 0.2) is 182 Å². The molecule has 0 saturated carbocycles. The van der Waals surface area contributed by atoms with E-state index in [-0.39, 0.29) is 0 Å². The minimum atomic E-state index is 1.15. The van der Waals surface area contributed by atoms with Gasteiger partial charge < -0.3 is 9.13 Å². The van der Waals surface area contributed by atoms with Crippen molar-refractivity contribution < 1.29 is 0 Å². The molecule has 0 bridgehead atoms. The molecule has 0 aliphatic heterocycles. The third-order valence-electron chi connectivity index (χ3n) is 10.0. The summed E-state index contributed by atoms with van der Waals surface area (Å²) in [5, 5.41) is 5.08. The Balaban J connectivity index is 1.12.